The normalized spacial score (nSPS) is 23.3. The summed E-state index contributed by atoms with van der Waals surface area (Å²) in [7, 11) is 0. The Bertz CT molecular complexity index is 549. The molecule has 26 heavy (non-hydrogen) atoms. The Morgan fingerprint density at radius 2 is 2.12 bits per heavy atom. The van der Waals surface area contributed by atoms with Gasteiger partial charge in [-0.2, -0.15) is 0 Å². The average molecular weight is 399 g/mol. The lowest BCUT2D eigenvalue weighted by Crippen LogP contribution is -2.49. The van der Waals surface area contributed by atoms with E-state index in [1.165, 1.54) is 24.0 Å². The van der Waals surface area contributed by atoms with Gasteiger partial charge < -0.3 is 15.0 Å². The van der Waals surface area contributed by atoms with Crippen LogP contribution in [0.5, 0.6) is 0 Å². The van der Waals surface area contributed by atoms with E-state index in [0.717, 1.165) is 44.8 Å². The summed E-state index contributed by atoms with van der Waals surface area (Å²) in [5.41, 5.74) is 2.58. The predicted octanol–water partition coefficient (Wildman–Crippen LogP) is 3.45. The number of halogens is 1. The lowest BCUT2D eigenvalue weighted by atomic mass is 10.0. The van der Waals surface area contributed by atoms with E-state index < -0.39 is 0 Å². The number of nitrogens with zero attached hydrogens (tertiary/aromatic N) is 1. The molecule has 0 bridgehead atoms. The van der Waals surface area contributed by atoms with Crippen molar-refractivity contribution >= 4 is 30.1 Å². The fourth-order valence-corrected chi connectivity index (χ4v) is 4.56. The highest BCUT2D eigenvalue weighted by atomic mass is 35.5. The number of piperazine rings is 1. The van der Waals surface area contributed by atoms with E-state index in [1.807, 2.05) is 0 Å². The molecule has 0 spiro atoms. The van der Waals surface area contributed by atoms with Crippen LogP contribution in [0.4, 0.5) is 0 Å². The Balaban J connectivity index is 0.00000243. The molecule has 2 fully saturated rings. The van der Waals surface area contributed by atoms with Gasteiger partial charge in [0.2, 0.25) is 5.91 Å². The van der Waals surface area contributed by atoms with Crippen LogP contribution in [-0.4, -0.2) is 54.7 Å². The summed E-state index contributed by atoms with van der Waals surface area (Å²) in [6.45, 7) is 5.56. The van der Waals surface area contributed by atoms with Crippen molar-refractivity contribution in [3.8, 4) is 0 Å². The zero-order valence-corrected chi connectivity index (χ0v) is 17.2. The van der Waals surface area contributed by atoms with E-state index >= 15 is 0 Å². The summed E-state index contributed by atoms with van der Waals surface area (Å²) < 4.78 is 5.76. The van der Waals surface area contributed by atoms with Crippen LogP contribution < -0.4 is 5.32 Å². The first-order valence-corrected chi connectivity index (χ1v) is 10.7. The second-order valence-corrected chi connectivity index (χ2v) is 7.94. The fourth-order valence-electron chi connectivity index (χ4n) is 3.58. The van der Waals surface area contributed by atoms with Crippen LogP contribution >= 0.6 is 24.2 Å². The second-order valence-electron chi connectivity index (χ2n) is 6.91. The van der Waals surface area contributed by atoms with Crippen molar-refractivity contribution in [1.29, 1.82) is 0 Å². The first-order chi connectivity index (χ1) is 12.3. The first kappa shape index (κ1) is 21.5. The number of hydrogen-bond acceptors (Lipinski definition) is 4. The van der Waals surface area contributed by atoms with Crippen LogP contribution in [0.25, 0.3) is 0 Å². The van der Waals surface area contributed by atoms with Gasteiger partial charge in [0.15, 0.2) is 0 Å². The van der Waals surface area contributed by atoms with E-state index in [9.17, 15) is 4.79 Å². The third-order valence-corrected chi connectivity index (χ3v) is 6.20. The zero-order chi connectivity index (χ0) is 17.5. The average Bonchev–Trinajstić information content (AvgIpc) is 2.69. The van der Waals surface area contributed by atoms with Crippen LogP contribution in [0.1, 0.15) is 43.4 Å². The van der Waals surface area contributed by atoms with Crippen molar-refractivity contribution < 1.29 is 9.53 Å². The van der Waals surface area contributed by atoms with Gasteiger partial charge in [-0.1, -0.05) is 31.2 Å². The number of ether oxygens (including phenoxy) is 1. The quantitative estimate of drug-likeness (QED) is 0.796. The number of benzene rings is 1. The Morgan fingerprint density at radius 3 is 2.81 bits per heavy atom. The van der Waals surface area contributed by atoms with Crippen LogP contribution in [0.3, 0.4) is 0 Å². The highest BCUT2D eigenvalue weighted by Crippen LogP contribution is 2.24. The third kappa shape index (κ3) is 5.88. The van der Waals surface area contributed by atoms with E-state index in [1.54, 1.807) is 11.8 Å². The molecule has 6 heteroatoms. The van der Waals surface area contributed by atoms with Crippen molar-refractivity contribution in [2.45, 2.75) is 44.8 Å². The first-order valence-electron chi connectivity index (χ1n) is 9.56. The van der Waals surface area contributed by atoms with Gasteiger partial charge in [-0.15, -0.1) is 24.2 Å². The van der Waals surface area contributed by atoms with Crippen LogP contribution in [0, 0.1) is 0 Å². The molecule has 0 aromatic heterocycles. The topological polar surface area (TPSA) is 41.6 Å². The number of carbonyl (C=O) groups is 1. The maximum absolute atomic E-state index is 12.8. The van der Waals surface area contributed by atoms with Gasteiger partial charge in [-0.3, -0.25) is 4.79 Å². The summed E-state index contributed by atoms with van der Waals surface area (Å²) in [5, 5.41) is 3.43. The molecule has 2 aliphatic heterocycles. The largest absolute Gasteiger partial charge is 0.377 e. The number of thioether (sulfide) groups is 1. The minimum absolute atomic E-state index is 0. The van der Waals surface area contributed by atoms with Crippen molar-refractivity contribution in [1.82, 2.24) is 10.2 Å². The van der Waals surface area contributed by atoms with E-state index in [-0.39, 0.29) is 24.4 Å². The molecular formula is C20H31ClN2O2S. The molecule has 0 saturated carbocycles. The SMILES string of the molecule is CCc1ccc(C2CNCCN2C(=O)CSCC2CCCCO2)cc1.Cl. The molecule has 3 rings (SSSR count). The predicted molar refractivity (Wildman–Crippen MR) is 111 cm³/mol. The van der Waals surface area contributed by atoms with Crippen molar-refractivity contribution in [2.24, 2.45) is 0 Å². The van der Waals surface area contributed by atoms with Crippen molar-refractivity contribution in [2.75, 3.05) is 37.7 Å². The lowest BCUT2D eigenvalue weighted by Gasteiger charge is -2.36. The van der Waals surface area contributed by atoms with Gasteiger partial charge in [0.25, 0.3) is 0 Å². The number of amides is 1. The van der Waals surface area contributed by atoms with Gasteiger partial charge in [0, 0.05) is 32.0 Å². The molecule has 4 nitrogen and oxygen atoms in total. The van der Waals surface area contributed by atoms with Crippen LogP contribution in [-0.2, 0) is 16.0 Å². The monoisotopic (exact) mass is 398 g/mol. The summed E-state index contributed by atoms with van der Waals surface area (Å²) in [5.74, 6) is 1.75. The Kier molecular flexibility index (Phi) is 9.26. The molecule has 2 atom stereocenters. The summed E-state index contributed by atoms with van der Waals surface area (Å²) >= 11 is 1.73. The van der Waals surface area contributed by atoms with Gasteiger partial charge in [0.05, 0.1) is 17.9 Å². The van der Waals surface area contributed by atoms with Gasteiger partial charge in [-0.25, -0.2) is 0 Å². The minimum atomic E-state index is 0. The molecular weight excluding hydrogens is 368 g/mol. The second kappa shape index (κ2) is 11.2. The van der Waals surface area contributed by atoms with Crippen LogP contribution in [0.15, 0.2) is 24.3 Å². The molecule has 2 unspecified atom stereocenters. The smallest absolute Gasteiger partial charge is 0.233 e. The van der Waals surface area contributed by atoms with E-state index in [2.05, 4.69) is 41.4 Å². The van der Waals surface area contributed by atoms with E-state index in [0.29, 0.717) is 11.9 Å². The minimum Gasteiger partial charge on any atom is -0.377 e. The molecule has 2 saturated heterocycles. The zero-order valence-electron chi connectivity index (χ0n) is 15.6. The molecule has 1 N–H and O–H groups in total. The van der Waals surface area contributed by atoms with Crippen LogP contribution in [0.2, 0.25) is 0 Å². The molecule has 1 amide bonds. The number of carbonyl (C=O) groups excluding carboxylic acids is 1. The Labute approximate surface area is 167 Å². The number of hydrogen-bond donors (Lipinski definition) is 1. The molecule has 0 radical (unpaired) electrons. The highest BCUT2D eigenvalue weighted by Gasteiger charge is 2.27. The molecule has 2 heterocycles. The van der Waals surface area contributed by atoms with Gasteiger partial charge in [0.1, 0.15) is 0 Å². The molecule has 0 aliphatic carbocycles. The Hall–Kier alpha value is -0.750. The number of rotatable bonds is 6. The summed E-state index contributed by atoms with van der Waals surface area (Å²) in [6.07, 6.45) is 4.96. The standard InChI is InChI=1S/C20H30N2O2S.ClH/c1-2-16-6-8-17(9-7-16)19-13-21-10-11-22(19)20(23)15-25-14-18-5-3-4-12-24-18;/h6-9,18-19,21H,2-5,10-15H2,1H3;1H. The fraction of sp³-hybridized carbons (Fsp3) is 0.650. The maximum Gasteiger partial charge on any atom is 0.233 e. The van der Waals surface area contributed by atoms with E-state index in [4.69, 9.17) is 4.74 Å². The molecule has 1 aromatic carbocycles. The van der Waals surface area contributed by atoms with Gasteiger partial charge in [-0.05, 0) is 36.8 Å². The maximum atomic E-state index is 12.8. The van der Waals surface area contributed by atoms with Gasteiger partial charge >= 0.3 is 0 Å². The summed E-state index contributed by atoms with van der Waals surface area (Å²) in [4.78, 5) is 14.8. The third-order valence-electron chi connectivity index (χ3n) is 5.14. The number of aryl methyl sites for hydroxylation is 1. The Morgan fingerprint density at radius 1 is 1.31 bits per heavy atom. The summed E-state index contributed by atoms with van der Waals surface area (Å²) in [6, 6.07) is 8.88. The lowest BCUT2D eigenvalue weighted by molar-refractivity contribution is -0.131. The molecule has 146 valence electrons. The highest BCUT2D eigenvalue weighted by molar-refractivity contribution is 7.99. The molecule has 2 aliphatic rings. The number of nitrogens with one attached hydrogen (secondary N) is 1. The van der Waals surface area contributed by atoms with Crippen molar-refractivity contribution in [3.05, 3.63) is 35.4 Å². The molecule has 1 aromatic rings. The van der Waals surface area contributed by atoms with Crippen molar-refractivity contribution in [3.63, 3.8) is 0 Å².